The Morgan fingerprint density at radius 3 is 2.41 bits per heavy atom. The SMILES string of the molecule is Cc1cnn(-c2ccc(C(F)(F)F)cc2N2C(N)=NC(N)=NC23CCCCC3)c1. The summed E-state index contributed by atoms with van der Waals surface area (Å²) in [4.78, 5) is 10.2. The minimum Gasteiger partial charge on any atom is -0.369 e. The number of nitrogens with zero attached hydrogens (tertiary/aromatic N) is 5. The highest BCUT2D eigenvalue weighted by Crippen LogP contribution is 2.43. The fourth-order valence-corrected chi connectivity index (χ4v) is 4.09. The molecule has 4 rings (SSSR count). The molecule has 2 aromatic rings. The van der Waals surface area contributed by atoms with E-state index < -0.39 is 17.4 Å². The first-order valence-electron chi connectivity index (χ1n) is 9.42. The Balaban J connectivity index is 1.94. The number of hydrogen-bond acceptors (Lipinski definition) is 6. The highest BCUT2D eigenvalue weighted by molar-refractivity contribution is 6.06. The molecular weight excluding hydrogens is 383 g/mol. The van der Waals surface area contributed by atoms with Crippen molar-refractivity contribution in [3.63, 3.8) is 0 Å². The van der Waals surface area contributed by atoms with Crippen LogP contribution < -0.4 is 16.4 Å². The molecule has 1 aliphatic carbocycles. The van der Waals surface area contributed by atoms with Gasteiger partial charge in [-0.05, 0) is 56.4 Å². The zero-order valence-electron chi connectivity index (χ0n) is 15.9. The lowest BCUT2D eigenvalue weighted by molar-refractivity contribution is -0.137. The molecule has 0 saturated heterocycles. The van der Waals surface area contributed by atoms with Crippen LogP contribution in [0.15, 0.2) is 40.6 Å². The average molecular weight is 405 g/mol. The third kappa shape index (κ3) is 3.43. The number of guanidine groups is 2. The number of rotatable bonds is 2. The Hall–Kier alpha value is -3.04. The van der Waals surface area contributed by atoms with Crippen LogP contribution in [0.3, 0.4) is 0 Å². The summed E-state index contributed by atoms with van der Waals surface area (Å²) in [5, 5.41) is 4.27. The molecule has 0 radical (unpaired) electrons. The lowest BCUT2D eigenvalue weighted by Gasteiger charge is -2.46. The predicted octanol–water partition coefficient (Wildman–Crippen LogP) is 3.31. The molecule has 1 saturated carbocycles. The minimum atomic E-state index is -4.50. The normalized spacial score (nSPS) is 19.2. The van der Waals surface area contributed by atoms with Crippen molar-refractivity contribution in [2.45, 2.75) is 50.9 Å². The van der Waals surface area contributed by atoms with Gasteiger partial charge in [0.15, 0.2) is 0 Å². The van der Waals surface area contributed by atoms with E-state index in [1.54, 1.807) is 17.3 Å². The van der Waals surface area contributed by atoms with Gasteiger partial charge >= 0.3 is 6.18 Å². The maximum Gasteiger partial charge on any atom is 0.416 e. The molecule has 1 fully saturated rings. The van der Waals surface area contributed by atoms with Crippen LogP contribution in [-0.2, 0) is 6.18 Å². The molecule has 10 heteroatoms. The van der Waals surface area contributed by atoms with E-state index >= 15 is 0 Å². The zero-order chi connectivity index (χ0) is 20.8. The first-order chi connectivity index (χ1) is 13.7. The molecule has 2 aliphatic rings. The van der Waals surface area contributed by atoms with Crippen molar-refractivity contribution in [1.82, 2.24) is 9.78 Å². The van der Waals surface area contributed by atoms with E-state index in [0.717, 1.165) is 37.0 Å². The summed E-state index contributed by atoms with van der Waals surface area (Å²) in [5.74, 6) is 0.0768. The summed E-state index contributed by atoms with van der Waals surface area (Å²) in [5.41, 5.74) is 12.1. The molecule has 7 nitrogen and oxygen atoms in total. The van der Waals surface area contributed by atoms with Gasteiger partial charge in [-0.25, -0.2) is 9.67 Å². The molecule has 1 aliphatic heterocycles. The number of nitrogens with two attached hydrogens (primary N) is 2. The highest BCUT2D eigenvalue weighted by atomic mass is 19.4. The lowest BCUT2D eigenvalue weighted by atomic mass is 9.87. The quantitative estimate of drug-likeness (QED) is 0.801. The van der Waals surface area contributed by atoms with Crippen molar-refractivity contribution in [3.8, 4) is 5.69 Å². The van der Waals surface area contributed by atoms with Gasteiger partial charge in [0.2, 0.25) is 11.9 Å². The largest absolute Gasteiger partial charge is 0.416 e. The van der Waals surface area contributed by atoms with Crippen LogP contribution in [0.2, 0.25) is 0 Å². The van der Waals surface area contributed by atoms with Gasteiger partial charge in [-0.3, -0.25) is 4.90 Å². The number of halogens is 3. The van der Waals surface area contributed by atoms with Gasteiger partial charge in [0.25, 0.3) is 0 Å². The van der Waals surface area contributed by atoms with Crippen LogP contribution in [0, 0.1) is 6.92 Å². The van der Waals surface area contributed by atoms with Gasteiger partial charge in [0, 0.05) is 6.20 Å². The Bertz CT molecular complexity index is 984. The maximum atomic E-state index is 13.5. The van der Waals surface area contributed by atoms with Crippen molar-refractivity contribution in [2.75, 3.05) is 4.90 Å². The summed E-state index contributed by atoms with van der Waals surface area (Å²) in [6.07, 6.45) is 2.89. The Kier molecular flexibility index (Phi) is 4.51. The minimum absolute atomic E-state index is 0.0313. The first-order valence-corrected chi connectivity index (χ1v) is 9.42. The fourth-order valence-electron chi connectivity index (χ4n) is 4.09. The van der Waals surface area contributed by atoms with Gasteiger partial charge in [-0.2, -0.15) is 23.3 Å². The summed E-state index contributed by atoms with van der Waals surface area (Å²) >= 11 is 0. The van der Waals surface area contributed by atoms with Crippen LogP contribution in [0.4, 0.5) is 18.9 Å². The van der Waals surface area contributed by atoms with Crippen molar-refractivity contribution in [3.05, 3.63) is 41.7 Å². The molecule has 1 aromatic carbocycles. The van der Waals surface area contributed by atoms with Gasteiger partial charge in [-0.1, -0.05) is 6.42 Å². The predicted molar refractivity (Wildman–Crippen MR) is 105 cm³/mol. The molecule has 0 bridgehead atoms. The molecule has 0 unspecified atom stereocenters. The van der Waals surface area contributed by atoms with Gasteiger partial charge < -0.3 is 11.5 Å². The van der Waals surface area contributed by atoms with E-state index in [4.69, 9.17) is 11.5 Å². The standard InChI is InChI=1S/C19H22F3N7/c1-12-10-25-28(11-12)14-6-5-13(19(20,21)22)9-15(14)29-17(24)26-16(23)27-18(29)7-3-2-4-8-18/h5-6,9-11H,2-4,7-8H2,1H3,(H4,23,24,26,27). The molecule has 4 N–H and O–H groups in total. The second-order valence-electron chi connectivity index (χ2n) is 7.48. The lowest BCUT2D eigenvalue weighted by Crippen LogP contribution is -2.58. The number of alkyl halides is 3. The van der Waals surface area contributed by atoms with Gasteiger partial charge in [-0.15, -0.1) is 0 Å². The molecule has 154 valence electrons. The summed E-state index contributed by atoms with van der Waals surface area (Å²) in [7, 11) is 0. The van der Waals surface area contributed by atoms with E-state index in [1.807, 2.05) is 6.92 Å². The van der Waals surface area contributed by atoms with E-state index in [0.29, 0.717) is 18.5 Å². The second-order valence-corrected chi connectivity index (χ2v) is 7.48. The average Bonchev–Trinajstić information content (AvgIpc) is 3.07. The van der Waals surface area contributed by atoms with Gasteiger partial charge in [0.1, 0.15) is 5.66 Å². The molecule has 0 amide bonds. The number of benzene rings is 1. The number of hydrogen-bond donors (Lipinski definition) is 2. The van der Waals surface area contributed by atoms with Crippen LogP contribution in [0.1, 0.15) is 43.2 Å². The first kappa shape index (κ1) is 19.3. The topological polar surface area (TPSA) is 97.8 Å². The van der Waals surface area contributed by atoms with Crippen LogP contribution in [-0.4, -0.2) is 27.4 Å². The van der Waals surface area contributed by atoms with E-state index in [2.05, 4.69) is 15.1 Å². The van der Waals surface area contributed by atoms with Crippen molar-refractivity contribution >= 4 is 17.6 Å². The maximum absolute atomic E-state index is 13.5. The zero-order valence-corrected chi connectivity index (χ0v) is 15.9. The molecule has 2 heterocycles. The van der Waals surface area contributed by atoms with Crippen molar-refractivity contribution < 1.29 is 13.2 Å². The third-order valence-corrected chi connectivity index (χ3v) is 5.35. The van der Waals surface area contributed by atoms with E-state index in [-0.39, 0.29) is 17.6 Å². The molecule has 1 spiro atoms. The Morgan fingerprint density at radius 1 is 1.07 bits per heavy atom. The summed E-state index contributed by atoms with van der Waals surface area (Å²) < 4.78 is 42.1. The van der Waals surface area contributed by atoms with Crippen LogP contribution in [0.5, 0.6) is 0 Å². The molecule has 29 heavy (non-hydrogen) atoms. The smallest absolute Gasteiger partial charge is 0.369 e. The third-order valence-electron chi connectivity index (χ3n) is 5.35. The Labute approximate surface area is 165 Å². The number of aryl methyl sites for hydroxylation is 1. The van der Waals surface area contributed by atoms with Crippen LogP contribution in [0.25, 0.3) is 5.69 Å². The number of anilines is 1. The molecular formula is C19H22F3N7. The van der Waals surface area contributed by atoms with Crippen LogP contribution >= 0.6 is 0 Å². The monoisotopic (exact) mass is 405 g/mol. The van der Waals surface area contributed by atoms with E-state index in [9.17, 15) is 13.2 Å². The van der Waals surface area contributed by atoms with Gasteiger partial charge in [0.05, 0.1) is 23.1 Å². The molecule has 0 atom stereocenters. The highest BCUT2D eigenvalue weighted by Gasteiger charge is 2.44. The van der Waals surface area contributed by atoms with Crippen molar-refractivity contribution in [2.24, 2.45) is 21.5 Å². The summed E-state index contributed by atoms with van der Waals surface area (Å²) in [6.45, 7) is 1.86. The summed E-state index contributed by atoms with van der Waals surface area (Å²) in [6, 6.07) is 3.52. The van der Waals surface area contributed by atoms with Crippen molar-refractivity contribution in [1.29, 1.82) is 0 Å². The number of aliphatic imine (C=N–C) groups is 2. The second kappa shape index (κ2) is 6.78. The number of aromatic nitrogens is 2. The van der Waals surface area contributed by atoms with E-state index in [1.165, 1.54) is 10.7 Å². The Morgan fingerprint density at radius 2 is 1.79 bits per heavy atom. The fraction of sp³-hybridized carbons (Fsp3) is 0.421. The molecule has 1 aromatic heterocycles.